The highest BCUT2D eigenvalue weighted by Gasteiger charge is 2.32. The third-order valence-corrected chi connectivity index (χ3v) is 7.49. The molecule has 0 N–H and O–H groups in total. The first-order valence-corrected chi connectivity index (χ1v) is 13.6. The SMILES string of the molecule is COc1cc(/C=C2\CCCN(C(c3ccc(N4CCOCC4)cc3)C(C)C)C2=O)ccc1-n1cnc(C)c1. The Hall–Kier alpha value is -3.58. The largest absolute Gasteiger partial charge is 0.495 e. The van der Waals surface area contributed by atoms with Crippen molar-refractivity contribution in [2.24, 2.45) is 5.92 Å². The Kier molecular flexibility index (Phi) is 7.84. The fourth-order valence-corrected chi connectivity index (χ4v) is 5.61. The van der Waals surface area contributed by atoms with Crippen LogP contribution in [0.2, 0.25) is 0 Å². The van der Waals surface area contributed by atoms with Crippen molar-refractivity contribution in [2.45, 2.75) is 39.7 Å². The molecule has 2 saturated heterocycles. The lowest BCUT2D eigenvalue weighted by Gasteiger charge is -2.38. The van der Waals surface area contributed by atoms with Crippen LogP contribution < -0.4 is 9.64 Å². The predicted octanol–water partition coefficient (Wildman–Crippen LogP) is 5.43. The number of carbonyl (C=O) groups is 1. The van der Waals surface area contributed by atoms with Gasteiger partial charge in [0.25, 0.3) is 0 Å². The Balaban J connectivity index is 1.38. The number of nitrogens with zero attached hydrogens (tertiary/aromatic N) is 4. The van der Waals surface area contributed by atoms with Crippen LogP contribution in [-0.2, 0) is 9.53 Å². The number of imidazole rings is 1. The van der Waals surface area contributed by atoms with Crippen molar-refractivity contribution in [3.63, 3.8) is 0 Å². The highest BCUT2D eigenvalue weighted by molar-refractivity contribution is 5.99. The molecule has 2 fully saturated rings. The smallest absolute Gasteiger partial charge is 0.250 e. The van der Waals surface area contributed by atoms with Gasteiger partial charge in [0.2, 0.25) is 5.91 Å². The van der Waals surface area contributed by atoms with Crippen LogP contribution in [0.25, 0.3) is 11.8 Å². The zero-order valence-electron chi connectivity index (χ0n) is 22.9. The summed E-state index contributed by atoms with van der Waals surface area (Å²) in [4.78, 5) is 22.6. The second-order valence-corrected chi connectivity index (χ2v) is 10.5. The van der Waals surface area contributed by atoms with Crippen LogP contribution in [0.15, 0.2) is 60.6 Å². The number of hydrogen-bond acceptors (Lipinski definition) is 5. The first-order chi connectivity index (χ1) is 18.4. The van der Waals surface area contributed by atoms with Crippen molar-refractivity contribution in [2.75, 3.05) is 44.9 Å². The average molecular weight is 515 g/mol. The Bertz CT molecular complexity index is 1290. The maximum absolute atomic E-state index is 13.8. The first-order valence-electron chi connectivity index (χ1n) is 13.6. The van der Waals surface area contributed by atoms with Crippen LogP contribution in [0.4, 0.5) is 5.69 Å². The number of ether oxygens (including phenoxy) is 2. The van der Waals surface area contributed by atoms with Gasteiger partial charge in [0, 0.05) is 37.1 Å². The number of rotatable bonds is 7. The standard InChI is InChI=1S/C31H38N4O3/c1-22(2)30(25-8-10-27(11-9-25)33-14-16-38-17-15-33)35-13-5-6-26(31(35)36)18-24-7-12-28(29(19-24)37-4)34-20-23(3)32-21-34/h7-12,18-22,30H,5-6,13-17H2,1-4H3/b26-18+. The van der Waals surface area contributed by atoms with Crippen molar-refractivity contribution in [1.29, 1.82) is 0 Å². The number of morpholine rings is 1. The molecule has 1 aromatic heterocycles. The van der Waals surface area contributed by atoms with Crippen LogP contribution in [0.3, 0.4) is 0 Å². The van der Waals surface area contributed by atoms with Crippen molar-refractivity contribution in [3.05, 3.63) is 77.4 Å². The molecule has 2 aromatic carbocycles. The van der Waals surface area contributed by atoms with Gasteiger partial charge in [-0.1, -0.05) is 32.0 Å². The van der Waals surface area contributed by atoms with Crippen LogP contribution in [0.1, 0.15) is 49.6 Å². The molecule has 38 heavy (non-hydrogen) atoms. The number of aryl methyl sites for hydroxylation is 1. The van der Waals surface area contributed by atoms with Crippen molar-refractivity contribution in [3.8, 4) is 11.4 Å². The van der Waals surface area contributed by atoms with E-state index in [0.29, 0.717) is 5.92 Å². The highest BCUT2D eigenvalue weighted by Crippen LogP contribution is 2.35. The summed E-state index contributed by atoms with van der Waals surface area (Å²) in [6, 6.07) is 14.9. The van der Waals surface area contributed by atoms with E-state index < -0.39 is 0 Å². The van der Waals surface area contributed by atoms with Gasteiger partial charge in [0.15, 0.2) is 0 Å². The number of benzene rings is 2. The van der Waals surface area contributed by atoms with Crippen molar-refractivity contribution in [1.82, 2.24) is 14.5 Å². The van der Waals surface area contributed by atoms with Gasteiger partial charge in [-0.2, -0.15) is 0 Å². The van der Waals surface area contributed by atoms with Gasteiger partial charge in [-0.25, -0.2) is 4.98 Å². The molecule has 3 aromatic rings. The molecule has 2 aliphatic heterocycles. The molecule has 200 valence electrons. The summed E-state index contributed by atoms with van der Waals surface area (Å²) in [6.07, 6.45) is 7.52. The quantitative estimate of drug-likeness (QED) is 0.394. The second-order valence-electron chi connectivity index (χ2n) is 10.5. The fourth-order valence-electron chi connectivity index (χ4n) is 5.61. The molecule has 7 nitrogen and oxygen atoms in total. The van der Waals surface area contributed by atoms with Gasteiger partial charge in [-0.15, -0.1) is 0 Å². The minimum absolute atomic E-state index is 0.0336. The Morgan fingerprint density at radius 1 is 1.05 bits per heavy atom. The molecule has 5 rings (SSSR count). The molecular weight excluding hydrogens is 476 g/mol. The summed E-state index contributed by atoms with van der Waals surface area (Å²) in [5.74, 6) is 1.17. The molecule has 0 aliphatic carbocycles. The number of hydrogen-bond donors (Lipinski definition) is 0. The summed E-state index contributed by atoms with van der Waals surface area (Å²) < 4.78 is 13.1. The van der Waals surface area contributed by atoms with E-state index in [2.05, 4.69) is 52.9 Å². The number of amides is 1. The molecule has 2 aliphatic rings. The molecule has 0 spiro atoms. The van der Waals surface area contributed by atoms with E-state index in [0.717, 1.165) is 74.0 Å². The highest BCUT2D eigenvalue weighted by atomic mass is 16.5. The number of aromatic nitrogens is 2. The van der Waals surface area contributed by atoms with E-state index in [4.69, 9.17) is 9.47 Å². The van der Waals surface area contributed by atoms with E-state index in [9.17, 15) is 4.79 Å². The van der Waals surface area contributed by atoms with Crippen LogP contribution >= 0.6 is 0 Å². The van der Waals surface area contributed by atoms with E-state index in [1.807, 2.05) is 42.0 Å². The third kappa shape index (κ3) is 5.48. The van der Waals surface area contributed by atoms with Crippen molar-refractivity contribution < 1.29 is 14.3 Å². The van der Waals surface area contributed by atoms with E-state index in [-0.39, 0.29) is 11.9 Å². The number of carbonyl (C=O) groups excluding carboxylic acids is 1. The Morgan fingerprint density at radius 3 is 2.47 bits per heavy atom. The van der Waals surface area contributed by atoms with Crippen LogP contribution in [-0.4, -0.2) is 60.3 Å². The molecule has 0 saturated carbocycles. The minimum atomic E-state index is 0.0336. The number of methoxy groups -OCH3 is 1. The predicted molar refractivity (Wildman–Crippen MR) is 151 cm³/mol. The summed E-state index contributed by atoms with van der Waals surface area (Å²) >= 11 is 0. The Labute approximate surface area is 225 Å². The van der Waals surface area contributed by atoms with Gasteiger partial charge < -0.3 is 23.8 Å². The molecule has 3 heterocycles. The molecule has 0 radical (unpaired) electrons. The van der Waals surface area contributed by atoms with Gasteiger partial charge in [-0.05, 0) is 67.2 Å². The lowest BCUT2D eigenvalue weighted by atomic mass is 9.90. The second kappa shape index (κ2) is 11.4. The molecule has 1 atom stereocenters. The maximum Gasteiger partial charge on any atom is 0.250 e. The van der Waals surface area contributed by atoms with Crippen LogP contribution in [0.5, 0.6) is 5.75 Å². The first kappa shape index (κ1) is 26.0. The van der Waals surface area contributed by atoms with Gasteiger partial charge in [0.05, 0.1) is 44.1 Å². The summed E-state index contributed by atoms with van der Waals surface area (Å²) in [7, 11) is 1.67. The van der Waals surface area contributed by atoms with Gasteiger partial charge >= 0.3 is 0 Å². The Morgan fingerprint density at radius 2 is 1.82 bits per heavy atom. The average Bonchev–Trinajstić information content (AvgIpc) is 3.37. The van der Waals surface area contributed by atoms with Gasteiger partial charge in [-0.3, -0.25) is 4.79 Å². The maximum atomic E-state index is 13.8. The number of anilines is 1. The third-order valence-electron chi connectivity index (χ3n) is 7.49. The van der Waals surface area contributed by atoms with E-state index >= 15 is 0 Å². The molecule has 0 bridgehead atoms. The van der Waals surface area contributed by atoms with Crippen molar-refractivity contribution >= 4 is 17.7 Å². The topological polar surface area (TPSA) is 59.8 Å². The fraction of sp³-hybridized carbons (Fsp3) is 0.419. The molecule has 7 heteroatoms. The van der Waals surface area contributed by atoms with Crippen LogP contribution in [0, 0.1) is 12.8 Å². The summed E-state index contributed by atoms with van der Waals surface area (Å²) in [6.45, 7) is 10.5. The monoisotopic (exact) mass is 514 g/mol. The molecule has 1 amide bonds. The zero-order chi connectivity index (χ0) is 26.6. The molecule has 1 unspecified atom stereocenters. The minimum Gasteiger partial charge on any atom is -0.495 e. The summed E-state index contributed by atoms with van der Waals surface area (Å²) in [5, 5.41) is 0. The van der Waals surface area contributed by atoms with E-state index in [1.165, 1.54) is 11.3 Å². The van der Waals surface area contributed by atoms with E-state index in [1.54, 1.807) is 13.4 Å². The molecular formula is C31H38N4O3. The lowest BCUT2D eigenvalue weighted by molar-refractivity contribution is -0.132. The van der Waals surface area contributed by atoms with Gasteiger partial charge in [0.1, 0.15) is 5.75 Å². The summed E-state index contributed by atoms with van der Waals surface area (Å²) in [5.41, 5.74) is 6.08. The zero-order valence-corrected chi connectivity index (χ0v) is 22.9. The lowest BCUT2D eigenvalue weighted by Crippen LogP contribution is -2.41. The number of piperidine rings is 1. The number of likely N-dealkylation sites (tertiary alicyclic amines) is 1. The normalized spacial score (nSPS) is 18.3.